The van der Waals surface area contributed by atoms with Gasteiger partial charge in [0.2, 0.25) is 0 Å². The van der Waals surface area contributed by atoms with Gasteiger partial charge in [-0.3, -0.25) is 9.78 Å². The highest BCUT2D eigenvalue weighted by Crippen LogP contribution is 2.35. The molecule has 1 unspecified atom stereocenters. The summed E-state index contributed by atoms with van der Waals surface area (Å²) >= 11 is 0. The lowest BCUT2D eigenvalue weighted by atomic mass is 9.97. The van der Waals surface area contributed by atoms with Crippen LogP contribution in [0.5, 0.6) is 0 Å². The van der Waals surface area contributed by atoms with Crippen LogP contribution in [0.25, 0.3) is 21.8 Å². The third kappa shape index (κ3) is 2.21. The number of carboxylic acids is 1. The van der Waals surface area contributed by atoms with Crippen LogP contribution < -0.4 is 4.90 Å². The van der Waals surface area contributed by atoms with Crippen LogP contribution in [-0.4, -0.2) is 39.1 Å². The van der Waals surface area contributed by atoms with E-state index in [-0.39, 0.29) is 5.92 Å². The Balaban J connectivity index is 1.91. The fraction of sp³-hybridized carbons (Fsp3) is 0.353. The third-order valence-electron chi connectivity index (χ3n) is 4.72. The molecule has 6 nitrogen and oxygen atoms in total. The molecule has 0 amide bonds. The van der Waals surface area contributed by atoms with Gasteiger partial charge in [-0.15, -0.1) is 0 Å². The second-order valence-electron chi connectivity index (χ2n) is 6.14. The molecule has 3 aromatic rings. The van der Waals surface area contributed by atoms with Gasteiger partial charge < -0.3 is 15.0 Å². The number of nitrogens with zero attached hydrogens (tertiary/aromatic N) is 3. The fourth-order valence-electron chi connectivity index (χ4n) is 3.49. The van der Waals surface area contributed by atoms with Crippen LogP contribution in [0, 0.1) is 12.8 Å². The van der Waals surface area contributed by atoms with Gasteiger partial charge in [0.05, 0.1) is 17.8 Å². The number of hydrogen-bond donors (Lipinski definition) is 2. The average Bonchev–Trinajstić information content (AvgIpc) is 3.04. The fourth-order valence-corrected chi connectivity index (χ4v) is 3.49. The van der Waals surface area contributed by atoms with Gasteiger partial charge >= 0.3 is 5.97 Å². The Morgan fingerprint density at radius 2 is 2.22 bits per heavy atom. The highest BCUT2D eigenvalue weighted by molar-refractivity contribution is 6.11. The van der Waals surface area contributed by atoms with Crippen LogP contribution in [0.15, 0.2) is 24.7 Å². The van der Waals surface area contributed by atoms with Gasteiger partial charge in [-0.1, -0.05) is 0 Å². The van der Waals surface area contributed by atoms with Crippen molar-refractivity contribution >= 4 is 33.5 Å². The number of rotatable bonds is 2. The lowest BCUT2D eigenvalue weighted by Gasteiger charge is -2.33. The number of piperidine rings is 1. The van der Waals surface area contributed by atoms with Crippen molar-refractivity contribution in [3.8, 4) is 0 Å². The number of pyridine rings is 2. The molecule has 0 radical (unpaired) electrons. The van der Waals surface area contributed by atoms with E-state index < -0.39 is 5.97 Å². The lowest BCUT2D eigenvalue weighted by molar-refractivity contribution is -0.141. The van der Waals surface area contributed by atoms with E-state index in [9.17, 15) is 9.90 Å². The smallest absolute Gasteiger partial charge is 0.308 e. The lowest BCUT2D eigenvalue weighted by Crippen LogP contribution is -2.38. The van der Waals surface area contributed by atoms with E-state index in [2.05, 4.69) is 19.9 Å². The van der Waals surface area contributed by atoms with E-state index in [4.69, 9.17) is 0 Å². The van der Waals surface area contributed by atoms with E-state index in [1.165, 1.54) is 0 Å². The predicted octanol–water partition coefficient (Wildman–Crippen LogP) is 2.72. The Bertz CT molecular complexity index is 902. The largest absolute Gasteiger partial charge is 0.481 e. The van der Waals surface area contributed by atoms with Gasteiger partial charge in [0, 0.05) is 47.3 Å². The van der Waals surface area contributed by atoms with E-state index in [1.807, 2.05) is 31.6 Å². The molecule has 23 heavy (non-hydrogen) atoms. The van der Waals surface area contributed by atoms with Gasteiger partial charge in [0.1, 0.15) is 5.65 Å². The van der Waals surface area contributed by atoms with Gasteiger partial charge in [-0.05, 0) is 25.8 Å². The van der Waals surface area contributed by atoms with Crippen LogP contribution >= 0.6 is 0 Å². The maximum Gasteiger partial charge on any atom is 0.308 e. The summed E-state index contributed by atoms with van der Waals surface area (Å²) in [6.07, 6.45) is 7.22. The predicted molar refractivity (Wildman–Crippen MR) is 88.7 cm³/mol. The number of carbonyl (C=O) groups is 1. The Kier molecular flexibility index (Phi) is 3.18. The molecule has 0 bridgehead atoms. The first-order chi connectivity index (χ1) is 11.1. The summed E-state index contributed by atoms with van der Waals surface area (Å²) in [4.78, 5) is 25.6. The van der Waals surface area contributed by atoms with Crippen LogP contribution in [0.1, 0.15) is 18.5 Å². The maximum absolute atomic E-state index is 11.4. The number of aryl methyl sites for hydroxylation is 1. The molecular weight excluding hydrogens is 292 g/mol. The number of aliphatic carboxylic acids is 1. The molecule has 1 fully saturated rings. The summed E-state index contributed by atoms with van der Waals surface area (Å²) in [6.45, 7) is 3.36. The molecule has 1 atom stereocenters. The second-order valence-corrected chi connectivity index (χ2v) is 6.14. The quantitative estimate of drug-likeness (QED) is 0.760. The minimum atomic E-state index is -0.715. The summed E-state index contributed by atoms with van der Waals surface area (Å²) in [5, 5.41) is 12.5. The topological polar surface area (TPSA) is 82.1 Å². The zero-order valence-electron chi connectivity index (χ0n) is 12.9. The van der Waals surface area contributed by atoms with E-state index in [0.717, 1.165) is 52.6 Å². The molecule has 6 heteroatoms. The van der Waals surface area contributed by atoms with E-state index in [1.54, 1.807) is 0 Å². The molecule has 0 aliphatic carbocycles. The summed E-state index contributed by atoms with van der Waals surface area (Å²) in [5.74, 6) is -1.03. The number of hydrogen-bond acceptors (Lipinski definition) is 4. The molecule has 0 aromatic carbocycles. The van der Waals surface area contributed by atoms with Crippen LogP contribution in [0.3, 0.4) is 0 Å². The Labute approximate surface area is 133 Å². The molecule has 2 N–H and O–H groups in total. The molecular formula is C17H18N4O2. The molecule has 0 spiro atoms. The van der Waals surface area contributed by atoms with Crippen LogP contribution in [-0.2, 0) is 4.79 Å². The number of aromatic amines is 1. The van der Waals surface area contributed by atoms with Crippen molar-refractivity contribution in [2.75, 3.05) is 18.0 Å². The van der Waals surface area contributed by atoms with Gasteiger partial charge in [0.15, 0.2) is 0 Å². The summed E-state index contributed by atoms with van der Waals surface area (Å²) in [5.41, 5.74) is 2.78. The Morgan fingerprint density at radius 1 is 1.35 bits per heavy atom. The molecule has 4 rings (SSSR count). The summed E-state index contributed by atoms with van der Waals surface area (Å²) < 4.78 is 0. The normalized spacial score (nSPS) is 18.7. The molecule has 1 aliphatic rings. The van der Waals surface area contributed by atoms with E-state index >= 15 is 0 Å². The molecule has 1 saturated heterocycles. The molecule has 0 saturated carbocycles. The van der Waals surface area contributed by atoms with Crippen LogP contribution in [0.2, 0.25) is 0 Å². The summed E-state index contributed by atoms with van der Waals surface area (Å²) in [7, 11) is 0. The highest BCUT2D eigenvalue weighted by Gasteiger charge is 2.27. The minimum Gasteiger partial charge on any atom is -0.481 e. The molecule has 4 heterocycles. The van der Waals surface area contributed by atoms with Crippen molar-refractivity contribution in [3.63, 3.8) is 0 Å². The Morgan fingerprint density at radius 3 is 3.04 bits per heavy atom. The van der Waals surface area contributed by atoms with Crippen molar-refractivity contribution in [1.82, 2.24) is 15.0 Å². The summed E-state index contributed by atoms with van der Waals surface area (Å²) in [6, 6.07) is 2.02. The monoisotopic (exact) mass is 310 g/mol. The number of H-pyrrole nitrogens is 1. The molecule has 3 aromatic heterocycles. The number of fused-ring (bicyclic) bond motifs is 3. The van der Waals surface area contributed by atoms with Crippen molar-refractivity contribution in [3.05, 3.63) is 30.4 Å². The van der Waals surface area contributed by atoms with Gasteiger partial charge in [-0.2, -0.15) is 0 Å². The first-order valence-electron chi connectivity index (χ1n) is 7.84. The molecule has 118 valence electrons. The number of carboxylic acid groups (broad SMARTS) is 1. The van der Waals surface area contributed by atoms with Gasteiger partial charge in [-0.25, -0.2) is 4.98 Å². The molecule has 1 aliphatic heterocycles. The number of anilines is 1. The standard InChI is InChI=1S/C17H18N4O2/c1-10-13-7-20-16-12(4-5-18-16)15(13)14(8-19-10)21-6-2-3-11(9-21)17(22)23/h4-5,7-8,11H,2-3,6,9H2,1H3,(H,18,20)(H,22,23). The van der Waals surface area contributed by atoms with Crippen molar-refractivity contribution in [2.45, 2.75) is 19.8 Å². The van der Waals surface area contributed by atoms with Gasteiger partial charge in [0.25, 0.3) is 0 Å². The zero-order valence-corrected chi connectivity index (χ0v) is 12.9. The number of nitrogens with one attached hydrogen (secondary N) is 1. The first kappa shape index (κ1) is 14.0. The SMILES string of the molecule is Cc1ncc(N2CCCC(C(=O)O)C2)c2c1cnc1[nH]ccc12. The third-order valence-corrected chi connectivity index (χ3v) is 4.72. The van der Waals surface area contributed by atoms with Crippen LogP contribution in [0.4, 0.5) is 5.69 Å². The number of aromatic nitrogens is 3. The van der Waals surface area contributed by atoms with Crippen molar-refractivity contribution in [2.24, 2.45) is 5.92 Å². The van der Waals surface area contributed by atoms with Crippen molar-refractivity contribution in [1.29, 1.82) is 0 Å². The minimum absolute atomic E-state index is 0.316. The highest BCUT2D eigenvalue weighted by atomic mass is 16.4. The first-order valence-corrected chi connectivity index (χ1v) is 7.84. The van der Waals surface area contributed by atoms with Crippen molar-refractivity contribution < 1.29 is 9.90 Å². The maximum atomic E-state index is 11.4. The Hall–Kier alpha value is -2.63. The zero-order chi connectivity index (χ0) is 16.0. The average molecular weight is 310 g/mol. The second kappa shape index (κ2) is 5.22. The van der Waals surface area contributed by atoms with E-state index in [0.29, 0.717) is 6.54 Å².